The summed E-state index contributed by atoms with van der Waals surface area (Å²) in [5.41, 5.74) is -1.21. The second-order valence-corrected chi connectivity index (χ2v) is 5.34. The topological polar surface area (TPSA) is 69.6 Å². The lowest BCUT2D eigenvalue weighted by Gasteiger charge is -2.32. The quantitative estimate of drug-likeness (QED) is 0.763. The minimum atomic E-state index is -1.21. The number of rotatable bonds is 6. The van der Waals surface area contributed by atoms with Crippen molar-refractivity contribution in [3.63, 3.8) is 0 Å². The first-order valence-corrected chi connectivity index (χ1v) is 6.93. The van der Waals surface area contributed by atoms with Crippen LogP contribution >= 0.6 is 11.8 Å². The zero-order chi connectivity index (χ0) is 13.6. The Balaban J connectivity index is 4.55. The van der Waals surface area contributed by atoms with E-state index >= 15 is 0 Å². The molecule has 1 atom stereocenters. The molecular formula is C11H22N2O3S. The van der Waals surface area contributed by atoms with Crippen molar-refractivity contribution in [3.05, 3.63) is 0 Å². The Bertz CT molecular complexity index is 282. The normalized spacial score (nSPS) is 13.0. The van der Waals surface area contributed by atoms with Crippen molar-refractivity contribution in [2.45, 2.75) is 38.8 Å². The first-order valence-electron chi connectivity index (χ1n) is 5.54. The summed E-state index contributed by atoms with van der Waals surface area (Å²) in [6.07, 6.45) is 2.80. The van der Waals surface area contributed by atoms with Gasteiger partial charge < -0.3 is 15.3 Å². The number of carboxylic acid groups (broad SMARTS) is 1. The van der Waals surface area contributed by atoms with E-state index in [0.29, 0.717) is 0 Å². The molecule has 0 heterocycles. The highest BCUT2D eigenvalue weighted by molar-refractivity contribution is 7.98. The van der Waals surface area contributed by atoms with E-state index in [2.05, 4.69) is 5.32 Å². The van der Waals surface area contributed by atoms with E-state index < -0.39 is 11.5 Å². The Morgan fingerprint density at radius 3 is 2.35 bits per heavy atom. The number of carbonyl (C=O) groups excluding carboxylic acids is 1. The van der Waals surface area contributed by atoms with Crippen LogP contribution in [0.3, 0.4) is 0 Å². The fourth-order valence-corrected chi connectivity index (χ4v) is 1.85. The minimum Gasteiger partial charge on any atom is -0.480 e. The average Bonchev–Trinajstić information content (AvgIpc) is 2.26. The summed E-state index contributed by atoms with van der Waals surface area (Å²) in [4.78, 5) is 24.1. The number of nitrogens with one attached hydrogen (secondary N) is 1. The van der Waals surface area contributed by atoms with Crippen LogP contribution in [-0.2, 0) is 4.79 Å². The SMILES string of the molecule is CCC(CSC)NC(=O)N(C)C(C)(C)C(=O)O. The molecule has 0 saturated heterocycles. The molecule has 0 saturated carbocycles. The molecule has 0 rings (SSSR count). The van der Waals surface area contributed by atoms with Gasteiger partial charge in [-0.25, -0.2) is 9.59 Å². The van der Waals surface area contributed by atoms with Gasteiger partial charge in [0.05, 0.1) is 0 Å². The van der Waals surface area contributed by atoms with E-state index in [0.717, 1.165) is 12.2 Å². The standard InChI is InChI=1S/C11H22N2O3S/c1-6-8(7-17-5)12-10(16)13(4)11(2,3)9(14)15/h8H,6-7H2,1-5H3,(H,12,16)(H,14,15). The summed E-state index contributed by atoms with van der Waals surface area (Å²) in [7, 11) is 1.50. The van der Waals surface area contributed by atoms with Crippen LogP contribution in [0.5, 0.6) is 0 Å². The van der Waals surface area contributed by atoms with Crippen molar-refractivity contribution in [2.75, 3.05) is 19.1 Å². The second kappa shape index (κ2) is 6.74. The molecule has 0 aliphatic carbocycles. The Hall–Kier alpha value is -0.910. The first kappa shape index (κ1) is 16.1. The van der Waals surface area contributed by atoms with Gasteiger partial charge in [-0.2, -0.15) is 11.8 Å². The van der Waals surface area contributed by atoms with Gasteiger partial charge in [0.1, 0.15) is 5.54 Å². The summed E-state index contributed by atoms with van der Waals surface area (Å²) in [6, 6.07) is -0.275. The number of carbonyl (C=O) groups is 2. The predicted octanol–water partition coefficient (Wildman–Crippen LogP) is 1.63. The lowest BCUT2D eigenvalue weighted by Crippen LogP contribution is -2.55. The van der Waals surface area contributed by atoms with Gasteiger partial charge >= 0.3 is 12.0 Å². The molecule has 0 aromatic carbocycles. The Labute approximate surface area is 107 Å². The lowest BCUT2D eigenvalue weighted by atomic mass is 10.0. The molecule has 0 radical (unpaired) electrons. The number of hydrogen-bond acceptors (Lipinski definition) is 3. The zero-order valence-corrected chi connectivity index (χ0v) is 11.9. The van der Waals surface area contributed by atoms with Crippen LogP contribution in [0, 0.1) is 0 Å². The minimum absolute atomic E-state index is 0.0737. The molecule has 0 spiro atoms. The van der Waals surface area contributed by atoms with Gasteiger partial charge in [-0.1, -0.05) is 6.92 Å². The highest BCUT2D eigenvalue weighted by Crippen LogP contribution is 2.13. The number of aliphatic carboxylic acids is 1. The number of likely N-dealkylation sites (N-methyl/N-ethyl adjacent to an activating group) is 1. The number of amides is 2. The molecule has 5 nitrogen and oxygen atoms in total. The Morgan fingerprint density at radius 1 is 1.47 bits per heavy atom. The molecule has 0 fully saturated rings. The van der Waals surface area contributed by atoms with Crippen LogP contribution in [0.25, 0.3) is 0 Å². The van der Waals surface area contributed by atoms with Crippen LogP contribution in [0.1, 0.15) is 27.2 Å². The lowest BCUT2D eigenvalue weighted by molar-refractivity contribution is -0.146. The number of urea groups is 1. The molecule has 0 aliphatic heterocycles. The van der Waals surface area contributed by atoms with E-state index in [1.54, 1.807) is 11.8 Å². The van der Waals surface area contributed by atoms with Crippen LogP contribution in [0.2, 0.25) is 0 Å². The van der Waals surface area contributed by atoms with E-state index in [1.165, 1.54) is 25.8 Å². The molecule has 17 heavy (non-hydrogen) atoms. The maximum Gasteiger partial charge on any atom is 0.329 e. The molecule has 100 valence electrons. The third kappa shape index (κ3) is 4.46. The molecule has 0 aromatic rings. The van der Waals surface area contributed by atoms with Gasteiger partial charge in [0.25, 0.3) is 0 Å². The van der Waals surface area contributed by atoms with Crippen LogP contribution in [0.15, 0.2) is 0 Å². The second-order valence-electron chi connectivity index (χ2n) is 4.43. The van der Waals surface area contributed by atoms with E-state index in [4.69, 9.17) is 5.11 Å². The maximum absolute atomic E-state index is 11.9. The Morgan fingerprint density at radius 2 is 2.00 bits per heavy atom. The van der Waals surface area contributed by atoms with Crippen LogP contribution < -0.4 is 5.32 Å². The maximum atomic E-state index is 11.9. The largest absolute Gasteiger partial charge is 0.480 e. The number of carboxylic acids is 1. The van der Waals surface area contributed by atoms with E-state index in [1.807, 2.05) is 13.2 Å². The zero-order valence-electron chi connectivity index (χ0n) is 11.1. The van der Waals surface area contributed by atoms with Crippen molar-refractivity contribution < 1.29 is 14.7 Å². The molecule has 0 bridgehead atoms. The van der Waals surface area contributed by atoms with Gasteiger partial charge in [0.15, 0.2) is 0 Å². The summed E-state index contributed by atoms with van der Waals surface area (Å²) >= 11 is 1.65. The van der Waals surface area contributed by atoms with Crippen molar-refractivity contribution in [1.82, 2.24) is 10.2 Å². The van der Waals surface area contributed by atoms with Gasteiger partial charge in [-0.15, -0.1) is 0 Å². The van der Waals surface area contributed by atoms with Crippen LogP contribution in [-0.4, -0.2) is 52.6 Å². The van der Waals surface area contributed by atoms with Gasteiger partial charge in [0.2, 0.25) is 0 Å². The van der Waals surface area contributed by atoms with Gasteiger partial charge in [0, 0.05) is 18.8 Å². The monoisotopic (exact) mass is 262 g/mol. The van der Waals surface area contributed by atoms with Gasteiger partial charge in [-0.05, 0) is 26.5 Å². The van der Waals surface area contributed by atoms with Gasteiger partial charge in [-0.3, -0.25) is 0 Å². The summed E-state index contributed by atoms with van der Waals surface area (Å²) in [5, 5.41) is 11.9. The molecule has 0 aliphatic rings. The van der Waals surface area contributed by atoms with Crippen molar-refractivity contribution >= 4 is 23.8 Å². The fraction of sp³-hybridized carbons (Fsp3) is 0.818. The van der Waals surface area contributed by atoms with Crippen molar-refractivity contribution in [2.24, 2.45) is 0 Å². The number of thioether (sulfide) groups is 1. The molecule has 2 amide bonds. The molecule has 1 unspecified atom stereocenters. The predicted molar refractivity (Wildman–Crippen MR) is 70.5 cm³/mol. The average molecular weight is 262 g/mol. The van der Waals surface area contributed by atoms with Crippen LogP contribution in [0.4, 0.5) is 4.79 Å². The smallest absolute Gasteiger partial charge is 0.329 e. The summed E-state index contributed by atoms with van der Waals surface area (Å²) in [5.74, 6) is -0.197. The molecule has 0 aromatic heterocycles. The highest BCUT2D eigenvalue weighted by Gasteiger charge is 2.35. The molecular weight excluding hydrogens is 240 g/mol. The fourth-order valence-electron chi connectivity index (χ4n) is 1.13. The van der Waals surface area contributed by atoms with E-state index in [9.17, 15) is 9.59 Å². The first-order chi connectivity index (χ1) is 7.77. The number of hydrogen-bond donors (Lipinski definition) is 2. The summed E-state index contributed by atoms with van der Waals surface area (Å²) in [6.45, 7) is 5.00. The molecule has 6 heteroatoms. The van der Waals surface area contributed by atoms with Crippen molar-refractivity contribution in [3.8, 4) is 0 Å². The number of nitrogens with zero attached hydrogens (tertiary/aromatic N) is 1. The third-order valence-electron chi connectivity index (χ3n) is 2.85. The van der Waals surface area contributed by atoms with Crippen molar-refractivity contribution in [1.29, 1.82) is 0 Å². The Kier molecular flexibility index (Phi) is 6.37. The van der Waals surface area contributed by atoms with E-state index in [-0.39, 0.29) is 12.1 Å². The molecule has 2 N–H and O–H groups in total. The third-order valence-corrected chi connectivity index (χ3v) is 3.59. The summed E-state index contributed by atoms with van der Waals surface area (Å²) < 4.78 is 0. The highest BCUT2D eigenvalue weighted by atomic mass is 32.2.